The number of hydrogen-bond acceptors (Lipinski definition) is 2. The van der Waals surface area contributed by atoms with E-state index in [9.17, 15) is 0 Å². The van der Waals surface area contributed by atoms with Crippen molar-refractivity contribution in [2.75, 3.05) is 9.80 Å². The molecule has 0 aliphatic carbocycles. The van der Waals surface area contributed by atoms with Crippen LogP contribution in [-0.4, -0.2) is 0 Å². The first kappa shape index (κ1) is 34.8. The molecular formula is C56H40N2. The van der Waals surface area contributed by atoms with Gasteiger partial charge < -0.3 is 9.80 Å². The molecule has 10 aromatic rings. The van der Waals surface area contributed by atoms with Crippen molar-refractivity contribution in [1.29, 1.82) is 0 Å². The molecule has 10 aromatic carbocycles. The summed E-state index contributed by atoms with van der Waals surface area (Å²) in [6.45, 7) is 0. The molecular weight excluding hydrogens is 701 g/mol. The smallest absolute Gasteiger partial charge is 0.0463 e. The summed E-state index contributed by atoms with van der Waals surface area (Å²) in [4.78, 5) is 4.65. The van der Waals surface area contributed by atoms with Gasteiger partial charge in [-0.05, 0) is 140 Å². The highest BCUT2D eigenvalue weighted by molar-refractivity contribution is 6.04. The largest absolute Gasteiger partial charge is 0.311 e. The van der Waals surface area contributed by atoms with E-state index < -0.39 is 0 Å². The Bertz CT molecular complexity index is 2950. The van der Waals surface area contributed by atoms with E-state index in [2.05, 4.69) is 252 Å². The molecule has 58 heavy (non-hydrogen) atoms. The first-order valence-electron chi connectivity index (χ1n) is 19.8. The minimum atomic E-state index is 1.08. The molecule has 0 atom stereocenters. The number of benzene rings is 10. The molecule has 0 unspecified atom stereocenters. The number of hydrogen-bond donors (Lipinski definition) is 0. The number of rotatable bonds is 9. The molecule has 0 bridgehead atoms. The SMILES string of the molecule is c1ccc(-c2ccc(N(c3ccccc3)c3ccc(N(c4ccccc4)c4ccc(-c5cc6ccccc6cc5-c5cccc6ccccc56)cc4)cc3)cc2)cc1. The van der Waals surface area contributed by atoms with Gasteiger partial charge in [-0.2, -0.15) is 0 Å². The first-order valence-corrected chi connectivity index (χ1v) is 19.8. The molecule has 10 rings (SSSR count). The van der Waals surface area contributed by atoms with Gasteiger partial charge >= 0.3 is 0 Å². The molecule has 0 aliphatic heterocycles. The van der Waals surface area contributed by atoms with Crippen LogP contribution in [-0.2, 0) is 0 Å². The van der Waals surface area contributed by atoms with Gasteiger partial charge in [0.2, 0.25) is 0 Å². The van der Waals surface area contributed by atoms with Crippen LogP contribution in [0.2, 0.25) is 0 Å². The van der Waals surface area contributed by atoms with E-state index in [1.165, 1.54) is 54.9 Å². The molecule has 0 radical (unpaired) electrons. The molecule has 0 fully saturated rings. The second kappa shape index (κ2) is 15.5. The Kier molecular flexibility index (Phi) is 9.27. The molecule has 0 aromatic heterocycles. The van der Waals surface area contributed by atoms with Crippen LogP contribution in [0.5, 0.6) is 0 Å². The number of nitrogens with zero attached hydrogens (tertiary/aromatic N) is 2. The molecule has 0 heterocycles. The fraction of sp³-hybridized carbons (Fsp3) is 0. The van der Waals surface area contributed by atoms with E-state index in [0.717, 1.165) is 34.1 Å². The standard InChI is InChI=1S/C56H40N2/c1-4-15-41(16-5-1)42-27-31-49(32-28-42)57(47-21-6-2-7-22-47)51-35-37-52(38-36-51)58(48-23-8-3-9-24-48)50-33-29-44(30-34-50)55-39-45-18-10-11-19-46(45)40-56(55)54-26-14-20-43-17-12-13-25-53(43)54/h1-40H. The minimum Gasteiger partial charge on any atom is -0.311 e. The summed E-state index contributed by atoms with van der Waals surface area (Å²) in [5.41, 5.74) is 13.8. The molecule has 274 valence electrons. The van der Waals surface area contributed by atoms with Crippen LogP contribution in [0.4, 0.5) is 34.1 Å². The van der Waals surface area contributed by atoms with Crippen molar-refractivity contribution < 1.29 is 0 Å². The summed E-state index contributed by atoms with van der Waals surface area (Å²) in [5, 5.41) is 4.96. The van der Waals surface area contributed by atoms with E-state index in [-0.39, 0.29) is 0 Å². The maximum Gasteiger partial charge on any atom is 0.0463 e. The second-order valence-corrected chi connectivity index (χ2v) is 14.6. The zero-order valence-electron chi connectivity index (χ0n) is 32.0. The van der Waals surface area contributed by atoms with Crippen molar-refractivity contribution in [1.82, 2.24) is 0 Å². The zero-order chi connectivity index (χ0) is 38.7. The molecule has 2 nitrogen and oxygen atoms in total. The van der Waals surface area contributed by atoms with Gasteiger partial charge in [-0.25, -0.2) is 0 Å². The Hall–Kier alpha value is -7.68. The molecule has 2 heteroatoms. The minimum absolute atomic E-state index is 1.08. The van der Waals surface area contributed by atoms with Crippen LogP contribution in [0.25, 0.3) is 54.9 Å². The predicted octanol–water partition coefficient (Wildman–Crippen LogP) is 15.9. The molecule has 0 saturated heterocycles. The Morgan fingerprint density at radius 1 is 0.207 bits per heavy atom. The van der Waals surface area contributed by atoms with Gasteiger partial charge in [0.15, 0.2) is 0 Å². The summed E-state index contributed by atoms with van der Waals surface area (Å²) in [6.07, 6.45) is 0. The molecule has 0 N–H and O–H groups in total. The van der Waals surface area contributed by atoms with Crippen molar-refractivity contribution >= 4 is 55.7 Å². The van der Waals surface area contributed by atoms with Gasteiger partial charge in [-0.3, -0.25) is 0 Å². The first-order chi connectivity index (χ1) is 28.8. The lowest BCUT2D eigenvalue weighted by atomic mass is 9.89. The fourth-order valence-electron chi connectivity index (χ4n) is 8.19. The van der Waals surface area contributed by atoms with Crippen molar-refractivity contribution in [2.45, 2.75) is 0 Å². The third-order valence-electron chi connectivity index (χ3n) is 11.0. The van der Waals surface area contributed by atoms with E-state index in [4.69, 9.17) is 0 Å². The average Bonchev–Trinajstić information content (AvgIpc) is 3.30. The van der Waals surface area contributed by atoms with E-state index in [1.54, 1.807) is 0 Å². The normalized spacial score (nSPS) is 11.1. The quantitative estimate of drug-likeness (QED) is 0.145. The van der Waals surface area contributed by atoms with Gasteiger partial charge in [0.25, 0.3) is 0 Å². The van der Waals surface area contributed by atoms with Gasteiger partial charge in [0.1, 0.15) is 0 Å². The molecule has 0 aliphatic rings. The highest BCUT2D eigenvalue weighted by Gasteiger charge is 2.18. The monoisotopic (exact) mass is 740 g/mol. The maximum atomic E-state index is 2.36. The van der Waals surface area contributed by atoms with Crippen molar-refractivity contribution in [3.05, 3.63) is 243 Å². The van der Waals surface area contributed by atoms with E-state index in [0.29, 0.717) is 0 Å². The van der Waals surface area contributed by atoms with Crippen LogP contribution in [0.1, 0.15) is 0 Å². The summed E-state index contributed by atoms with van der Waals surface area (Å²) < 4.78 is 0. The number of fused-ring (bicyclic) bond motifs is 2. The Morgan fingerprint density at radius 2 is 0.569 bits per heavy atom. The summed E-state index contributed by atoms with van der Waals surface area (Å²) in [5.74, 6) is 0. The lowest BCUT2D eigenvalue weighted by Gasteiger charge is -2.28. The summed E-state index contributed by atoms with van der Waals surface area (Å²) in [7, 11) is 0. The highest BCUT2D eigenvalue weighted by Crippen LogP contribution is 2.42. The summed E-state index contributed by atoms with van der Waals surface area (Å²) in [6, 6.07) is 87.2. The van der Waals surface area contributed by atoms with E-state index >= 15 is 0 Å². The van der Waals surface area contributed by atoms with Crippen molar-refractivity contribution in [3.8, 4) is 33.4 Å². The lowest BCUT2D eigenvalue weighted by Crippen LogP contribution is -2.12. The maximum absolute atomic E-state index is 2.36. The van der Waals surface area contributed by atoms with Crippen LogP contribution < -0.4 is 9.80 Å². The second-order valence-electron chi connectivity index (χ2n) is 14.6. The van der Waals surface area contributed by atoms with Crippen LogP contribution >= 0.6 is 0 Å². The Morgan fingerprint density at radius 3 is 1.10 bits per heavy atom. The van der Waals surface area contributed by atoms with Crippen molar-refractivity contribution in [2.24, 2.45) is 0 Å². The average molecular weight is 741 g/mol. The molecule has 0 saturated carbocycles. The molecule has 0 spiro atoms. The van der Waals surface area contributed by atoms with Crippen LogP contribution in [0, 0.1) is 0 Å². The third-order valence-corrected chi connectivity index (χ3v) is 11.0. The lowest BCUT2D eigenvalue weighted by molar-refractivity contribution is 1.26. The van der Waals surface area contributed by atoms with Crippen molar-refractivity contribution in [3.63, 3.8) is 0 Å². The van der Waals surface area contributed by atoms with Gasteiger partial charge in [0, 0.05) is 34.1 Å². The van der Waals surface area contributed by atoms with Gasteiger partial charge in [-0.15, -0.1) is 0 Å². The van der Waals surface area contributed by atoms with Crippen LogP contribution in [0.15, 0.2) is 243 Å². The number of para-hydroxylation sites is 2. The van der Waals surface area contributed by atoms with Crippen LogP contribution in [0.3, 0.4) is 0 Å². The third kappa shape index (κ3) is 6.78. The topological polar surface area (TPSA) is 6.48 Å². The van der Waals surface area contributed by atoms with Gasteiger partial charge in [-0.1, -0.05) is 158 Å². The molecule has 0 amide bonds. The highest BCUT2D eigenvalue weighted by atomic mass is 15.2. The van der Waals surface area contributed by atoms with E-state index in [1.807, 2.05) is 0 Å². The Labute approximate surface area is 340 Å². The number of anilines is 6. The van der Waals surface area contributed by atoms with Gasteiger partial charge in [0.05, 0.1) is 0 Å². The predicted molar refractivity (Wildman–Crippen MR) is 247 cm³/mol. The summed E-state index contributed by atoms with van der Waals surface area (Å²) >= 11 is 0. The fourth-order valence-corrected chi connectivity index (χ4v) is 8.19. The Balaban J connectivity index is 1.03. The zero-order valence-corrected chi connectivity index (χ0v) is 32.0.